The van der Waals surface area contributed by atoms with Crippen molar-refractivity contribution in [2.24, 2.45) is 5.92 Å². The van der Waals surface area contributed by atoms with Crippen molar-refractivity contribution in [3.63, 3.8) is 0 Å². The van der Waals surface area contributed by atoms with Gasteiger partial charge in [0.05, 0.1) is 5.69 Å². The summed E-state index contributed by atoms with van der Waals surface area (Å²) in [5, 5.41) is 6.39. The molecule has 0 saturated heterocycles. The SMILES string of the molecule is CNCC(C)CN(C)c1nc(C)cs1. The first kappa shape index (κ1) is 11.5. The molecule has 0 aliphatic heterocycles. The summed E-state index contributed by atoms with van der Waals surface area (Å²) in [5.74, 6) is 0.647. The van der Waals surface area contributed by atoms with E-state index in [0.717, 1.165) is 23.9 Å². The van der Waals surface area contributed by atoms with E-state index in [-0.39, 0.29) is 0 Å². The van der Waals surface area contributed by atoms with Crippen molar-refractivity contribution in [3.05, 3.63) is 11.1 Å². The quantitative estimate of drug-likeness (QED) is 0.807. The van der Waals surface area contributed by atoms with E-state index in [0.29, 0.717) is 5.92 Å². The number of thiazole rings is 1. The number of nitrogens with one attached hydrogen (secondary N) is 1. The Morgan fingerprint density at radius 1 is 1.64 bits per heavy atom. The van der Waals surface area contributed by atoms with Crippen LogP contribution < -0.4 is 10.2 Å². The number of hydrogen-bond donors (Lipinski definition) is 1. The van der Waals surface area contributed by atoms with Crippen LogP contribution in [-0.2, 0) is 0 Å². The minimum atomic E-state index is 0.647. The van der Waals surface area contributed by atoms with Crippen molar-refractivity contribution in [1.82, 2.24) is 10.3 Å². The Hall–Kier alpha value is -0.610. The zero-order valence-electron chi connectivity index (χ0n) is 9.37. The fourth-order valence-electron chi connectivity index (χ4n) is 1.48. The molecule has 1 aromatic rings. The molecule has 0 aromatic carbocycles. The molecule has 0 bridgehead atoms. The summed E-state index contributed by atoms with van der Waals surface area (Å²) in [6.07, 6.45) is 0. The molecule has 0 spiro atoms. The lowest BCUT2D eigenvalue weighted by molar-refractivity contribution is 0.542. The highest BCUT2D eigenvalue weighted by Crippen LogP contribution is 2.19. The van der Waals surface area contributed by atoms with Gasteiger partial charge in [0, 0.05) is 19.0 Å². The average Bonchev–Trinajstić information content (AvgIpc) is 2.52. The molecule has 1 rings (SSSR count). The van der Waals surface area contributed by atoms with Crippen molar-refractivity contribution in [2.75, 3.05) is 32.1 Å². The standard InChI is InChI=1S/C10H19N3S/c1-8(5-11-3)6-13(4)10-12-9(2)7-14-10/h7-8,11H,5-6H2,1-4H3. The van der Waals surface area contributed by atoms with Crippen molar-refractivity contribution in [1.29, 1.82) is 0 Å². The van der Waals surface area contributed by atoms with E-state index in [9.17, 15) is 0 Å². The summed E-state index contributed by atoms with van der Waals surface area (Å²) in [5.41, 5.74) is 1.11. The predicted molar refractivity (Wildman–Crippen MR) is 63.2 cm³/mol. The van der Waals surface area contributed by atoms with Crippen molar-refractivity contribution in [2.45, 2.75) is 13.8 Å². The van der Waals surface area contributed by atoms with E-state index < -0.39 is 0 Å². The van der Waals surface area contributed by atoms with Gasteiger partial charge in [0.15, 0.2) is 5.13 Å². The van der Waals surface area contributed by atoms with Gasteiger partial charge in [0.2, 0.25) is 0 Å². The third kappa shape index (κ3) is 3.27. The minimum Gasteiger partial charge on any atom is -0.351 e. The Morgan fingerprint density at radius 2 is 2.36 bits per heavy atom. The number of aryl methyl sites for hydroxylation is 1. The maximum atomic E-state index is 4.45. The van der Waals surface area contributed by atoms with Gasteiger partial charge in [-0.1, -0.05) is 6.92 Å². The molecule has 14 heavy (non-hydrogen) atoms. The third-order valence-electron chi connectivity index (χ3n) is 2.07. The first-order chi connectivity index (χ1) is 6.63. The van der Waals surface area contributed by atoms with Gasteiger partial charge in [-0.3, -0.25) is 0 Å². The van der Waals surface area contributed by atoms with Gasteiger partial charge in [0.1, 0.15) is 0 Å². The van der Waals surface area contributed by atoms with Gasteiger partial charge in [-0.15, -0.1) is 11.3 Å². The molecule has 1 unspecified atom stereocenters. The molecular weight excluding hydrogens is 194 g/mol. The molecule has 1 aromatic heterocycles. The Morgan fingerprint density at radius 3 is 2.86 bits per heavy atom. The second kappa shape index (κ2) is 5.32. The highest BCUT2D eigenvalue weighted by atomic mass is 32.1. The van der Waals surface area contributed by atoms with Gasteiger partial charge >= 0.3 is 0 Å². The zero-order chi connectivity index (χ0) is 10.6. The highest BCUT2D eigenvalue weighted by Gasteiger charge is 2.08. The Bertz CT molecular complexity index is 272. The summed E-state index contributed by atoms with van der Waals surface area (Å²) in [6.45, 7) is 6.38. The first-order valence-electron chi connectivity index (χ1n) is 4.91. The molecule has 80 valence electrons. The van der Waals surface area contributed by atoms with Gasteiger partial charge < -0.3 is 10.2 Å². The topological polar surface area (TPSA) is 28.2 Å². The molecule has 1 heterocycles. The summed E-state index contributed by atoms with van der Waals surface area (Å²) in [4.78, 5) is 6.67. The third-order valence-corrected chi connectivity index (χ3v) is 3.14. The number of nitrogens with zero attached hydrogens (tertiary/aromatic N) is 2. The van der Waals surface area contributed by atoms with E-state index in [2.05, 4.69) is 34.6 Å². The van der Waals surface area contributed by atoms with Crippen molar-refractivity contribution >= 4 is 16.5 Å². The second-order valence-electron chi connectivity index (χ2n) is 3.81. The van der Waals surface area contributed by atoms with E-state index in [1.807, 2.05) is 14.0 Å². The van der Waals surface area contributed by atoms with Crippen LogP contribution in [0.2, 0.25) is 0 Å². The molecule has 1 atom stereocenters. The number of anilines is 1. The molecule has 0 aliphatic carbocycles. The van der Waals surface area contributed by atoms with E-state index >= 15 is 0 Å². The molecule has 3 nitrogen and oxygen atoms in total. The van der Waals surface area contributed by atoms with Crippen LogP contribution in [0, 0.1) is 12.8 Å². The molecule has 0 fully saturated rings. The van der Waals surface area contributed by atoms with Gasteiger partial charge in [-0.25, -0.2) is 4.98 Å². The number of hydrogen-bond acceptors (Lipinski definition) is 4. The van der Waals surface area contributed by atoms with E-state index in [1.165, 1.54) is 0 Å². The van der Waals surface area contributed by atoms with Crippen molar-refractivity contribution in [3.8, 4) is 0 Å². The van der Waals surface area contributed by atoms with Crippen LogP contribution in [0.15, 0.2) is 5.38 Å². The van der Waals surface area contributed by atoms with Crippen LogP contribution >= 0.6 is 11.3 Å². The van der Waals surface area contributed by atoms with Crippen LogP contribution in [-0.4, -0.2) is 32.2 Å². The smallest absolute Gasteiger partial charge is 0.185 e. The number of rotatable bonds is 5. The lowest BCUT2D eigenvalue weighted by Gasteiger charge is -2.20. The van der Waals surface area contributed by atoms with Crippen LogP contribution in [0.3, 0.4) is 0 Å². The maximum Gasteiger partial charge on any atom is 0.185 e. The van der Waals surface area contributed by atoms with Crippen LogP contribution in [0.25, 0.3) is 0 Å². The average molecular weight is 213 g/mol. The van der Waals surface area contributed by atoms with Crippen LogP contribution in [0.1, 0.15) is 12.6 Å². The van der Waals surface area contributed by atoms with E-state index in [1.54, 1.807) is 11.3 Å². The normalized spacial score (nSPS) is 12.9. The summed E-state index contributed by atoms with van der Waals surface area (Å²) in [6, 6.07) is 0. The van der Waals surface area contributed by atoms with Crippen LogP contribution in [0.5, 0.6) is 0 Å². The molecular formula is C10H19N3S. The van der Waals surface area contributed by atoms with E-state index in [4.69, 9.17) is 0 Å². The molecule has 1 N–H and O–H groups in total. The largest absolute Gasteiger partial charge is 0.351 e. The fourth-order valence-corrected chi connectivity index (χ4v) is 2.26. The number of aromatic nitrogens is 1. The Kier molecular flexibility index (Phi) is 4.35. The van der Waals surface area contributed by atoms with Gasteiger partial charge in [0.25, 0.3) is 0 Å². The second-order valence-corrected chi connectivity index (χ2v) is 4.65. The fraction of sp³-hybridized carbons (Fsp3) is 0.700. The van der Waals surface area contributed by atoms with Gasteiger partial charge in [-0.05, 0) is 26.4 Å². The maximum absolute atomic E-state index is 4.45. The van der Waals surface area contributed by atoms with Crippen LogP contribution in [0.4, 0.5) is 5.13 Å². The highest BCUT2D eigenvalue weighted by molar-refractivity contribution is 7.13. The Labute approximate surface area is 90.2 Å². The Balaban J connectivity index is 2.45. The lowest BCUT2D eigenvalue weighted by atomic mass is 10.2. The molecule has 0 radical (unpaired) electrons. The predicted octanol–water partition coefficient (Wildman–Crippen LogP) is 1.74. The monoisotopic (exact) mass is 213 g/mol. The molecule has 0 aliphatic rings. The molecule has 0 saturated carbocycles. The van der Waals surface area contributed by atoms with Crippen molar-refractivity contribution < 1.29 is 0 Å². The summed E-state index contributed by atoms with van der Waals surface area (Å²) >= 11 is 1.71. The summed E-state index contributed by atoms with van der Waals surface area (Å²) in [7, 11) is 4.09. The summed E-state index contributed by atoms with van der Waals surface area (Å²) < 4.78 is 0. The first-order valence-corrected chi connectivity index (χ1v) is 5.79. The molecule has 0 amide bonds. The zero-order valence-corrected chi connectivity index (χ0v) is 10.2. The molecule has 4 heteroatoms. The lowest BCUT2D eigenvalue weighted by Crippen LogP contribution is -2.29. The minimum absolute atomic E-state index is 0.647. The van der Waals surface area contributed by atoms with Gasteiger partial charge in [-0.2, -0.15) is 0 Å².